The van der Waals surface area contributed by atoms with E-state index in [2.05, 4.69) is 49.9 Å². The second kappa shape index (κ2) is 8.67. The highest BCUT2D eigenvalue weighted by atomic mass is 16.1. The van der Waals surface area contributed by atoms with Gasteiger partial charge in [0.05, 0.1) is 11.9 Å². The first-order valence-corrected chi connectivity index (χ1v) is 7.21. The lowest BCUT2D eigenvalue weighted by Gasteiger charge is -2.24. The maximum Gasteiger partial charge on any atom is 0.155 e. The number of hydrogen-bond donors (Lipinski definition) is 3. The average Bonchev–Trinajstić information content (AvgIpc) is 2.29. The zero-order valence-electron chi connectivity index (χ0n) is 13.7. The number of Topliss-reactive ketones (excluding diaryl/α,β-unsaturated/α-hetero) is 1. The quantitative estimate of drug-likeness (QED) is 0.539. The van der Waals surface area contributed by atoms with E-state index in [0.29, 0.717) is 6.42 Å². The topological polar surface area (TPSA) is 53.2 Å². The van der Waals surface area contributed by atoms with Gasteiger partial charge in [0.1, 0.15) is 0 Å². The Morgan fingerprint density at radius 2 is 1.85 bits per heavy atom. The Morgan fingerprint density at radius 3 is 2.30 bits per heavy atom. The lowest BCUT2D eigenvalue weighted by Crippen LogP contribution is -2.38. The molecule has 0 saturated carbocycles. The summed E-state index contributed by atoms with van der Waals surface area (Å²) >= 11 is 0. The van der Waals surface area contributed by atoms with Gasteiger partial charge in [-0.15, -0.1) is 0 Å². The fraction of sp³-hybridized carbons (Fsp3) is 0.688. The molecule has 0 heterocycles. The first kappa shape index (κ1) is 18.6. The molecule has 0 radical (unpaired) electrons. The van der Waals surface area contributed by atoms with Gasteiger partial charge >= 0.3 is 0 Å². The smallest absolute Gasteiger partial charge is 0.155 e. The third-order valence-corrected chi connectivity index (χ3v) is 2.82. The molecule has 0 fully saturated rings. The van der Waals surface area contributed by atoms with Crippen molar-refractivity contribution >= 4 is 5.78 Å². The van der Waals surface area contributed by atoms with Gasteiger partial charge in [-0.1, -0.05) is 33.9 Å². The summed E-state index contributed by atoms with van der Waals surface area (Å²) in [4.78, 5) is 12.3. The Balaban J connectivity index is 4.31. The van der Waals surface area contributed by atoms with Crippen LogP contribution >= 0.6 is 0 Å². The Kier molecular flexibility index (Phi) is 8.04. The van der Waals surface area contributed by atoms with Crippen molar-refractivity contribution in [2.24, 2.45) is 5.41 Å². The van der Waals surface area contributed by atoms with Crippen LogP contribution in [0.15, 0.2) is 24.7 Å². The Labute approximate surface area is 124 Å². The lowest BCUT2D eigenvalue weighted by molar-refractivity contribution is -0.122. The molecule has 0 amide bonds. The number of allylic oxidation sites excluding steroid dienone is 1. The van der Waals surface area contributed by atoms with E-state index in [1.165, 1.54) is 0 Å². The number of ketones is 1. The summed E-state index contributed by atoms with van der Waals surface area (Å²) in [5.41, 5.74) is 0.856. The predicted molar refractivity (Wildman–Crippen MR) is 86.3 cm³/mol. The first-order valence-electron chi connectivity index (χ1n) is 7.21. The van der Waals surface area contributed by atoms with Crippen molar-refractivity contribution in [1.82, 2.24) is 16.0 Å². The summed E-state index contributed by atoms with van der Waals surface area (Å²) in [5.74, 6) is 1.06. The van der Waals surface area contributed by atoms with Crippen molar-refractivity contribution < 1.29 is 4.79 Å². The summed E-state index contributed by atoms with van der Waals surface area (Å²) < 4.78 is 0. The van der Waals surface area contributed by atoms with Crippen LogP contribution < -0.4 is 16.0 Å². The van der Waals surface area contributed by atoms with Crippen molar-refractivity contribution in [3.05, 3.63) is 24.7 Å². The molecule has 0 spiro atoms. The maximum absolute atomic E-state index is 12.3. The molecule has 0 aromatic heterocycles. The molecule has 0 aliphatic carbocycles. The summed E-state index contributed by atoms with van der Waals surface area (Å²) in [5, 5.41) is 9.29. The van der Waals surface area contributed by atoms with E-state index in [-0.39, 0.29) is 17.2 Å². The first-order chi connectivity index (χ1) is 9.15. The SMILES string of the molecule is C=C(C)NC(CCCNC(=C)NC)C(=O)CC(C)(C)C. The van der Waals surface area contributed by atoms with Crippen LogP contribution in [-0.2, 0) is 4.79 Å². The van der Waals surface area contributed by atoms with Crippen molar-refractivity contribution in [2.75, 3.05) is 13.6 Å². The predicted octanol–water partition coefficient (Wildman–Crippen LogP) is 2.54. The van der Waals surface area contributed by atoms with Gasteiger partial charge in [0.15, 0.2) is 5.78 Å². The molecule has 0 aromatic rings. The minimum Gasteiger partial charge on any atom is -0.379 e. The van der Waals surface area contributed by atoms with E-state index in [1.807, 2.05) is 14.0 Å². The molecule has 4 heteroatoms. The summed E-state index contributed by atoms with van der Waals surface area (Å²) in [6.07, 6.45) is 2.28. The van der Waals surface area contributed by atoms with E-state index in [1.54, 1.807) is 0 Å². The monoisotopic (exact) mass is 281 g/mol. The highest BCUT2D eigenvalue weighted by Crippen LogP contribution is 2.20. The third kappa shape index (κ3) is 9.48. The standard InChI is InChI=1S/C16H31N3O/c1-12(2)19-14(15(20)11-16(4,5)6)9-8-10-18-13(3)17-7/h14,17-19H,1,3,8-11H2,2,4-7H3. The van der Waals surface area contributed by atoms with E-state index >= 15 is 0 Å². The fourth-order valence-electron chi connectivity index (χ4n) is 1.89. The fourth-order valence-corrected chi connectivity index (χ4v) is 1.89. The minimum absolute atomic E-state index is 0.0186. The third-order valence-electron chi connectivity index (χ3n) is 2.82. The van der Waals surface area contributed by atoms with E-state index in [9.17, 15) is 4.79 Å². The van der Waals surface area contributed by atoms with Crippen LogP contribution in [0.3, 0.4) is 0 Å². The molecule has 0 bridgehead atoms. The number of carbonyl (C=O) groups is 1. The molecule has 1 atom stereocenters. The van der Waals surface area contributed by atoms with Crippen LogP contribution in [0.25, 0.3) is 0 Å². The van der Waals surface area contributed by atoms with Gasteiger partial charge in [-0.3, -0.25) is 4.79 Å². The zero-order valence-corrected chi connectivity index (χ0v) is 13.7. The van der Waals surface area contributed by atoms with Gasteiger partial charge in [0.2, 0.25) is 0 Å². The molecule has 20 heavy (non-hydrogen) atoms. The van der Waals surface area contributed by atoms with Gasteiger partial charge < -0.3 is 16.0 Å². The zero-order chi connectivity index (χ0) is 15.8. The lowest BCUT2D eigenvalue weighted by atomic mass is 9.87. The summed E-state index contributed by atoms with van der Waals surface area (Å²) in [6, 6.07) is -0.142. The van der Waals surface area contributed by atoms with Gasteiger partial charge in [0.25, 0.3) is 0 Å². The van der Waals surface area contributed by atoms with Gasteiger partial charge in [-0.25, -0.2) is 0 Å². The minimum atomic E-state index is -0.142. The van der Waals surface area contributed by atoms with Gasteiger partial charge in [-0.2, -0.15) is 0 Å². The van der Waals surface area contributed by atoms with E-state index < -0.39 is 0 Å². The Hall–Kier alpha value is -1.45. The summed E-state index contributed by atoms with van der Waals surface area (Å²) in [6.45, 7) is 16.6. The van der Waals surface area contributed by atoms with Crippen molar-refractivity contribution in [3.8, 4) is 0 Å². The van der Waals surface area contributed by atoms with Gasteiger partial charge in [-0.05, 0) is 25.2 Å². The Bertz CT molecular complexity index is 342. The van der Waals surface area contributed by atoms with Crippen LogP contribution in [0.5, 0.6) is 0 Å². The molecule has 0 aliphatic heterocycles. The largest absolute Gasteiger partial charge is 0.379 e. The number of rotatable bonds is 10. The second-order valence-corrected chi connectivity index (χ2v) is 6.48. The van der Waals surface area contributed by atoms with Crippen molar-refractivity contribution in [3.63, 3.8) is 0 Å². The molecule has 4 nitrogen and oxygen atoms in total. The highest BCUT2D eigenvalue weighted by molar-refractivity contribution is 5.84. The Morgan fingerprint density at radius 1 is 1.25 bits per heavy atom. The molecule has 1 unspecified atom stereocenters. The molecule has 0 rings (SSSR count). The van der Waals surface area contributed by atoms with E-state index in [4.69, 9.17) is 0 Å². The molecular formula is C16H31N3O. The van der Waals surface area contributed by atoms with E-state index in [0.717, 1.165) is 30.9 Å². The normalized spacial score (nSPS) is 12.4. The highest BCUT2D eigenvalue weighted by Gasteiger charge is 2.23. The van der Waals surface area contributed by atoms with Crippen LogP contribution in [0.1, 0.15) is 47.0 Å². The average molecular weight is 281 g/mol. The molecular weight excluding hydrogens is 250 g/mol. The van der Waals surface area contributed by atoms with Crippen LogP contribution in [-0.4, -0.2) is 25.4 Å². The van der Waals surface area contributed by atoms with Crippen molar-refractivity contribution in [2.45, 2.75) is 53.0 Å². The molecule has 3 N–H and O–H groups in total. The van der Waals surface area contributed by atoms with Gasteiger partial charge in [0, 0.05) is 25.7 Å². The van der Waals surface area contributed by atoms with Crippen LogP contribution in [0, 0.1) is 5.41 Å². The number of carbonyl (C=O) groups excluding carboxylic acids is 1. The maximum atomic E-state index is 12.3. The number of nitrogens with one attached hydrogen (secondary N) is 3. The second-order valence-electron chi connectivity index (χ2n) is 6.48. The molecule has 0 aliphatic rings. The number of hydrogen-bond acceptors (Lipinski definition) is 4. The van der Waals surface area contributed by atoms with Crippen LogP contribution in [0.2, 0.25) is 0 Å². The summed E-state index contributed by atoms with van der Waals surface area (Å²) in [7, 11) is 1.83. The molecule has 0 aromatic carbocycles. The molecule has 116 valence electrons. The van der Waals surface area contributed by atoms with Crippen molar-refractivity contribution in [1.29, 1.82) is 0 Å². The van der Waals surface area contributed by atoms with Crippen LogP contribution in [0.4, 0.5) is 0 Å². The molecule has 0 saturated heterocycles.